The lowest BCUT2D eigenvalue weighted by atomic mass is 10.1. The molecule has 0 amide bonds. The molecule has 6 nitrogen and oxygen atoms in total. The van der Waals surface area contributed by atoms with Crippen molar-refractivity contribution in [3.05, 3.63) is 0 Å². The molecule has 0 rings (SSSR count). The maximum absolute atomic E-state index is 11.3. The average Bonchev–Trinajstić information content (AvgIpc) is 2.24. The second kappa shape index (κ2) is 8.49. The van der Waals surface area contributed by atoms with Gasteiger partial charge in [-0.1, -0.05) is 6.92 Å². The highest BCUT2D eigenvalue weighted by Crippen LogP contribution is 2.11. The molecule has 6 heteroatoms. The fourth-order valence-corrected chi connectivity index (χ4v) is 1.45. The van der Waals surface area contributed by atoms with Gasteiger partial charge in [-0.05, 0) is 13.3 Å². The molecule has 1 N–H and O–H groups in total. The average molecular weight is 260 g/mol. The Morgan fingerprint density at radius 1 is 1.17 bits per heavy atom. The second-order valence-electron chi connectivity index (χ2n) is 4.07. The molecule has 2 unspecified atom stereocenters. The Labute approximate surface area is 106 Å². The van der Waals surface area contributed by atoms with Crippen molar-refractivity contribution in [3.63, 3.8) is 0 Å². The number of hydrogen-bond acceptors (Lipinski definition) is 5. The lowest BCUT2D eigenvalue weighted by molar-refractivity contribution is -0.155. The van der Waals surface area contributed by atoms with Gasteiger partial charge in [0.15, 0.2) is 0 Å². The topological polar surface area (TPSA) is 89.9 Å². The predicted octanol–water partition coefficient (Wildman–Crippen LogP) is 1.51. The van der Waals surface area contributed by atoms with Crippen molar-refractivity contribution in [2.45, 2.75) is 58.7 Å². The zero-order chi connectivity index (χ0) is 14.1. The summed E-state index contributed by atoms with van der Waals surface area (Å²) < 4.78 is 10.0. The third-order valence-corrected chi connectivity index (χ3v) is 2.26. The second-order valence-corrected chi connectivity index (χ2v) is 4.07. The summed E-state index contributed by atoms with van der Waals surface area (Å²) in [6, 6.07) is 0. The minimum absolute atomic E-state index is 0.145. The number of carbonyl (C=O) groups excluding carboxylic acids is 2. The number of carbonyl (C=O) groups is 3. The predicted molar refractivity (Wildman–Crippen MR) is 62.9 cm³/mol. The van der Waals surface area contributed by atoms with Crippen molar-refractivity contribution in [3.8, 4) is 0 Å². The smallest absolute Gasteiger partial charge is 0.306 e. The molecule has 104 valence electrons. The van der Waals surface area contributed by atoms with Crippen molar-refractivity contribution in [2.24, 2.45) is 0 Å². The van der Waals surface area contributed by atoms with E-state index in [1.807, 2.05) is 6.92 Å². The molecule has 0 aromatic carbocycles. The first-order chi connectivity index (χ1) is 8.35. The first-order valence-corrected chi connectivity index (χ1v) is 5.93. The van der Waals surface area contributed by atoms with Crippen molar-refractivity contribution in [1.82, 2.24) is 0 Å². The summed E-state index contributed by atoms with van der Waals surface area (Å²) in [7, 11) is 0. The van der Waals surface area contributed by atoms with Crippen LogP contribution < -0.4 is 0 Å². The molecule has 0 aromatic heterocycles. The fraction of sp³-hybridized carbons (Fsp3) is 0.750. The SMILES string of the molecule is CCC(CC(C)OC(C)=O)OC(=O)CCC(=O)O. The Morgan fingerprint density at radius 3 is 2.22 bits per heavy atom. The van der Waals surface area contributed by atoms with E-state index in [0.29, 0.717) is 12.8 Å². The van der Waals surface area contributed by atoms with E-state index in [1.165, 1.54) is 6.92 Å². The molecular weight excluding hydrogens is 240 g/mol. The number of esters is 2. The van der Waals surface area contributed by atoms with Crippen LogP contribution >= 0.6 is 0 Å². The van der Waals surface area contributed by atoms with Crippen LogP contribution in [-0.2, 0) is 23.9 Å². The zero-order valence-corrected chi connectivity index (χ0v) is 11.0. The number of carboxylic acids is 1. The maximum atomic E-state index is 11.3. The van der Waals surface area contributed by atoms with E-state index in [1.54, 1.807) is 6.92 Å². The van der Waals surface area contributed by atoms with Crippen LogP contribution in [0, 0.1) is 0 Å². The van der Waals surface area contributed by atoms with Crippen LogP contribution in [0.2, 0.25) is 0 Å². The molecule has 18 heavy (non-hydrogen) atoms. The molecule has 0 radical (unpaired) electrons. The van der Waals surface area contributed by atoms with Gasteiger partial charge in [-0.2, -0.15) is 0 Å². The third kappa shape index (κ3) is 8.55. The molecule has 0 aromatic rings. The maximum Gasteiger partial charge on any atom is 0.306 e. The number of rotatable bonds is 8. The van der Waals surface area contributed by atoms with Crippen molar-refractivity contribution in [1.29, 1.82) is 0 Å². The summed E-state index contributed by atoms with van der Waals surface area (Å²) in [6.45, 7) is 4.88. The molecule has 0 saturated heterocycles. The van der Waals surface area contributed by atoms with Crippen LogP contribution in [0.1, 0.15) is 46.5 Å². The van der Waals surface area contributed by atoms with E-state index in [-0.39, 0.29) is 31.0 Å². The van der Waals surface area contributed by atoms with Crippen LogP contribution in [0.15, 0.2) is 0 Å². The van der Waals surface area contributed by atoms with Gasteiger partial charge in [0, 0.05) is 13.3 Å². The van der Waals surface area contributed by atoms with E-state index in [0.717, 1.165) is 0 Å². The highest BCUT2D eigenvalue weighted by Gasteiger charge is 2.18. The fourth-order valence-electron chi connectivity index (χ4n) is 1.45. The molecule has 0 fully saturated rings. The largest absolute Gasteiger partial charge is 0.481 e. The number of carboxylic acid groups (broad SMARTS) is 1. The van der Waals surface area contributed by atoms with Crippen LogP contribution in [0.3, 0.4) is 0 Å². The molecule has 0 aliphatic rings. The highest BCUT2D eigenvalue weighted by molar-refractivity contribution is 5.76. The molecule has 0 heterocycles. The van der Waals surface area contributed by atoms with Gasteiger partial charge < -0.3 is 14.6 Å². The summed E-state index contributed by atoms with van der Waals surface area (Å²) in [6.07, 6.45) is -0.0812. The van der Waals surface area contributed by atoms with Gasteiger partial charge in [0.05, 0.1) is 12.8 Å². The van der Waals surface area contributed by atoms with Gasteiger partial charge >= 0.3 is 17.9 Å². The minimum Gasteiger partial charge on any atom is -0.481 e. The van der Waals surface area contributed by atoms with Gasteiger partial charge in [0.25, 0.3) is 0 Å². The Hall–Kier alpha value is -1.59. The van der Waals surface area contributed by atoms with E-state index < -0.39 is 11.9 Å². The van der Waals surface area contributed by atoms with Gasteiger partial charge in [-0.15, -0.1) is 0 Å². The molecular formula is C12H20O6. The van der Waals surface area contributed by atoms with Crippen LogP contribution in [0.4, 0.5) is 0 Å². The van der Waals surface area contributed by atoms with Gasteiger partial charge in [-0.25, -0.2) is 0 Å². The van der Waals surface area contributed by atoms with Crippen LogP contribution in [0.5, 0.6) is 0 Å². The van der Waals surface area contributed by atoms with Crippen molar-refractivity contribution in [2.75, 3.05) is 0 Å². The quantitative estimate of drug-likeness (QED) is 0.665. The third-order valence-electron chi connectivity index (χ3n) is 2.26. The first kappa shape index (κ1) is 16.4. The Balaban J connectivity index is 4.05. The number of ether oxygens (including phenoxy) is 2. The van der Waals surface area contributed by atoms with E-state index in [9.17, 15) is 14.4 Å². The molecule has 0 saturated carbocycles. The first-order valence-electron chi connectivity index (χ1n) is 5.93. The van der Waals surface area contributed by atoms with E-state index in [2.05, 4.69) is 0 Å². The van der Waals surface area contributed by atoms with E-state index in [4.69, 9.17) is 14.6 Å². The minimum atomic E-state index is -1.03. The Kier molecular flexibility index (Phi) is 7.74. The van der Waals surface area contributed by atoms with Gasteiger partial charge in [0.1, 0.15) is 12.2 Å². The molecule has 2 atom stereocenters. The number of aliphatic carboxylic acids is 1. The van der Waals surface area contributed by atoms with Crippen molar-refractivity contribution >= 4 is 17.9 Å². The molecule has 0 bridgehead atoms. The Morgan fingerprint density at radius 2 is 1.78 bits per heavy atom. The normalized spacial score (nSPS) is 13.5. The summed E-state index contributed by atoms with van der Waals surface area (Å²) in [5, 5.41) is 8.43. The van der Waals surface area contributed by atoms with Crippen LogP contribution in [0.25, 0.3) is 0 Å². The lowest BCUT2D eigenvalue weighted by Crippen LogP contribution is -2.24. The summed E-state index contributed by atoms with van der Waals surface area (Å²) in [5.74, 6) is -1.96. The van der Waals surface area contributed by atoms with Gasteiger partial charge in [0.2, 0.25) is 0 Å². The summed E-state index contributed by atoms with van der Waals surface area (Å²) in [4.78, 5) is 32.3. The molecule has 0 spiro atoms. The molecule has 0 aliphatic carbocycles. The van der Waals surface area contributed by atoms with Crippen LogP contribution in [-0.4, -0.2) is 35.2 Å². The van der Waals surface area contributed by atoms with E-state index >= 15 is 0 Å². The van der Waals surface area contributed by atoms with Crippen molar-refractivity contribution < 1.29 is 29.0 Å². The molecule has 0 aliphatic heterocycles. The summed E-state index contributed by atoms with van der Waals surface area (Å²) >= 11 is 0. The number of hydrogen-bond donors (Lipinski definition) is 1. The monoisotopic (exact) mass is 260 g/mol. The zero-order valence-electron chi connectivity index (χ0n) is 11.0. The highest BCUT2D eigenvalue weighted by atomic mass is 16.6. The Bertz CT molecular complexity index is 299. The lowest BCUT2D eigenvalue weighted by Gasteiger charge is -2.20. The summed E-state index contributed by atoms with van der Waals surface area (Å²) in [5.41, 5.74) is 0. The van der Waals surface area contributed by atoms with Gasteiger partial charge in [-0.3, -0.25) is 14.4 Å². The standard InChI is InChI=1S/C12H20O6/c1-4-10(7-8(2)17-9(3)13)18-12(16)6-5-11(14)15/h8,10H,4-7H2,1-3H3,(H,14,15).